The van der Waals surface area contributed by atoms with Crippen LogP contribution in [0.2, 0.25) is 5.02 Å². The first kappa shape index (κ1) is 20.3. The molecule has 0 radical (unpaired) electrons. The molecule has 2 rings (SSSR count). The number of benzene rings is 2. The Balaban J connectivity index is 0.000000243. The van der Waals surface area contributed by atoms with Gasteiger partial charge >= 0.3 is 0 Å². The van der Waals surface area contributed by atoms with Crippen LogP contribution in [0.3, 0.4) is 0 Å². The predicted molar refractivity (Wildman–Crippen MR) is 94.7 cm³/mol. The van der Waals surface area contributed by atoms with Crippen LogP contribution in [0, 0.1) is 5.82 Å². The first-order valence-electron chi connectivity index (χ1n) is 6.24. The molecule has 24 heavy (non-hydrogen) atoms. The van der Waals surface area contributed by atoms with Crippen molar-refractivity contribution in [2.75, 3.05) is 0 Å². The normalized spacial score (nSPS) is 11.0. The zero-order chi connectivity index (χ0) is 18.3. The highest BCUT2D eigenvalue weighted by Gasteiger charge is 2.05. The molecule has 9 heteroatoms. The minimum atomic E-state index is -4.06. The van der Waals surface area contributed by atoms with Gasteiger partial charge < -0.3 is 5.73 Å². The summed E-state index contributed by atoms with van der Waals surface area (Å²) in [6, 6.07) is 10.3. The molecule has 0 aromatic heterocycles. The zero-order valence-corrected chi connectivity index (χ0v) is 15.1. The number of primary amides is 1. The van der Waals surface area contributed by atoms with Crippen LogP contribution in [-0.2, 0) is 10.1 Å². The van der Waals surface area contributed by atoms with Crippen LogP contribution in [-0.4, -0.2) is 18.9 Å². The molecule has 1 amide bonds. The molecule has 0 unspecified atom stereocenters. The smallest absolute Gasteiger partial charge is 0.287 e. The van der Waals surface area contributed by atoms with E-state index in [-0.39, 0.29) is 5.56 Å². The standard InChI is InChI=1S/C8H7ClO3S.C7H5BrFNO/c9-8-3-1-2-7(6-8)4-5-13(10,11)12;8-6-3-4(9)1-2-5(6)7(10)11/h1-6H,(H,10,11,12);1-3H,(H2,10,11). The van der Waals surface area contributed by atoms with Crippen LogP contribution < -0.4 is 5.73 Å². The van der Waals surface area contributed by atoms with E-state index in [1.54, 1.807) is 24.3 Å². The molecule has 5 nitrogen and oxygen atoms in total. The minimum Gasteiger partial charge on any atom is -0.366 e. The largest absolute Gasteiger partial charge is 0.366 e. The Morgan fingerprint density at radius 3 is 2.42 bits per heavy atom. The van der Waals surface area contributed by atoms with Gasteiger partial charge in [0.15, 0.2) is 0 Å². The highest BCUT2D eigenvalue weighted by Crippen LogP contribution is 2.17. The lowest BCUT2D eigenvalue weighted by Gasteiger charge is -1.97. The summed E-state index contributed by atoms with van der Waals surface area (Å²) < 4.78 is 41.9. The maximum Gasteiger partial charge on any atom is 0.287 e. The van der Waals surface area contributed by atoms with E-state index in [0.29, 0.717) is 20.5 Å². The number of carbonyl (C=O) groups is 1. The van der Waals surface area contributed by atoms with Gasteiger partial charge in [-0.05, 0) is 57.9 Å². The van der Waals surface area contributed by atoms with Gasteiger partial charge in [0.25, 0.3) is 10.1 Å². The molecule has 0 atom stereocenters. The van der Waals surface area contributed by atoms with Gasteiger partial charge in [0.05, 0.1) is 11.0 Å². The topological polar surface area (TPSA) is 97.5 Å². The van der Waals surface area contributed by atoms with Crippen molar-refractivity contribution in [3.05, 3.63) is 74.3 Å². The van der Waals surface area contributed by atoms with Gasteiger partial charge in [-0.25, -0.2) is 4.39 Å². The molecule has 0 heterocycles. The average Bonchev–Trinajstić information content (AvgIpc) is 2.45. The lowest BCUT2D eigenvalue weighted by molar-refractivity contribution is 0.0999. The second kappa shape index (κ2) is 8.93. The van der Waals surface area contributed by atoms with Crippen molar-refractivity contribution in [3.8, 4) is 0 Å². The fourth-order valence-electron chi connectivity index (χ4n) is 1.46. The molecular formula is C15H12BrClFNO4S. The van der Waals surface area contributed by atoms with Crippen LogP contribution >= 0.6 is 27.5 Å². The SMILES string of the molecule is NC(=O)c1ccc(F)cc1Br.O=S(=O)(O)C=Cc1cccc(Cl)c1. The Kier molecular flexibility index (Phi) is 7.56. The molecule has 0 aliphatic rings. The van der Waals surface area contributed by atoms with Crippen molar-refractivity contribution >= 4 is 49.6 Å². The first-order chi connectivity index (χ1) is 11.1. The van der Waals surface area contributed by atoms with Crippen molar-refractivity contribution in [1.82, 2.24) is 0 Å². The summed E-state index contributed by atoms with van der Waals surface area (Å²) in [5.74, 6) is -0.973. The fourth-order valence-corrected chi connectivity index (χ4v) is 2.54. The van der Waals surface area contributed by atoms with Gasteiger partial charge in [0, 0.05) is 9.50 Å². The van der Waals surface area contributed by atoms with Crippen LogP contribution in [0.4, 0.5) is 4.39 Å². The minimum absolute atomic E-state index is 0.284. The molecule has 0 aliphatic carbocycles. The maximum absolute atomic E-state index is 12.4. The van der Waals surface area contributed by atoms with E-state index in [1.807, 2.05) is 0 Å². The fraction of sp³-hybridized carbons (Fsp3) is 0. The van der Waals surface area contributed by atoms with Crippen LogP contribution in [0.25, 0.3) is 6.08 Å². The molecular weight excluding hydrogens is 425 g/mol. The third kappa shape index (κ3) is 7.69. The Morgan fingerprint density at radius 1 is 1.25 bits per heavy atom. The second-order valence-corrected chi connectivity index (χ2v) is 6.95. The number of hydrogen-bond donors (Lipinski definition) is 2. The number of halogens is 3. The highest BCUT2D eigenvalue weighted by molar-refractivity contribution is 9.10. The molecule has 0 spiro atoms. The van der Waals surface area contributed by atoms with E-state index in [4.69, 9.17) is 21.9 Å². The van der Waals surface area contributed by atoms with Crippen LogP contribution in [0.1, 0.15) is 15.9 Å². The Morgan fingerprint density at radius 2 is 1.92 bits per heavy atom. The van der Waals surface area contributed by atoms with Crippen LogP contribution in [0.15, 0.2) is 52.3 Å². The van der Waals surface area contributed by atoms with E-state index in [1.165, 1.54) is 24.3 Å². The Hall–Kier alpha value is -1.74. The second-order valence-electron chi connectivity index (χ2n) is 4.36. The molecule has 0 saturated carbocycles. The van der Waals surface area contributed by atoms with Crippen LogP contribution in [0.5, 0.6) is 0 Å². The van der Waals surface area contributed by atoms with Gasteiger partial charge in [0.2, 0.25) is 5.91 Å². The predicted octanol–water partition coefficient (Wildman–Crippen LogP) is 3.89. The quantitative estimate of drug-likeness (QED) is 0.713. The van der Waals surface area contributed by atoms with Gasteiger partial charge in [-0.2, -0.15) is 8.42 Å². The summed E-state index contributed by atoms with van der Waals surface area (Å²) >= 11 is 8.66. The summed E-state index contributed by atoms with van der Waals surface area (Å²) in [6.45, 7) is 0. The highest BCUT2D eigenvalue weighted by atomic mass is 79.9. The Labute approximate surface area is 151 Å². The third-order valence-corrected chi connectivity index (χ3v) is 3.85. The van der Waals surface area contributed by atoms with Crippen molar-refractivity contribution in [2.24, 2.45) is 5.73 Å². The lowest BCUT2D eigenvalue weighted by Crippen LogP contribution is -2.11. The van der Waals surface area contributed by atoms with Crippen molar-refractivity contribution in [3.63, 3.8) is 0 Å². The molecule has 0 aliphatic heterocycles. The molecule has 2 aromatic rings. The Bertz CT molecular complexity index is 872. The van der Waals surface area contributed by atoms with Crippen molar-refractivity contribution in [2.45, 2.75) is 0 Å². The molecule has 0 saturated heterocycles. The third-order valence-electron chi connectivity index (χ3n) is 2.48. The van der Waals surface area contributed by atoms with Gasteiger partial charge in [-0.15, -0.1) is 0 Å². The number of rotatable bonds is 3. The summed E-state index contributed by atoms with van der Waals surface area (Å²) in [4.78, 5) is 10.6. The zero-order valence-electron chi connectivity index (χ0n) is 12.0. The summed E-state index contributed by atoms with van der Waals surface area (Å²) in [7, 11) is -4.06. The van der Waals surface area contributed by atoms with E-state index < -0.39 is 21.8 Å². The molecule has 128 valence electrons. The van der Waals surface area contributed by atoms with E-state index >= 15 is 0 Å². The number of amides is 1. The summed E-state index contributed by atoms with van der Waals surface area (Å²) in [6.07, 6.45) is 1.27. The van der Waals surface area contributed by atoms with E-state index in [9.17, 15) is 17.6 Å². The molecule has 3 N–H and O–H groups in total. The van der Waals surface area contributed by atoms with E-state index in [2.05, 4.69) is 15.9 Å². The number of nitrogens with two attached hydrogens (primary N) is 1. The summed E-state index contributed by atoms with van der Waals surface area (Å²) in [5, 5.41) is 1.22. The lowest BCUT2D eigenvalue weighted by atomic mass is 10.2. The van der Waals surface area contributed by atoms with Gasteiger partial charge in [-0.3, -0.25) is 9.35 Å². The molecule has 2 aromatic carbocycles. The average molecular weight is 437 g/mol. The number of carbonyl (C=O) groups excluding carboxylic acids is 1. The van der Waals surface area contributed by atoms with E-state index in [0.717, 1.165) is 0 Å². The molecule has 0 fully saturated rings. The van der Waals surface area contributed by atoms with Crippen molar-refractivity contribution in [1.29, 1.82) is 0 Å². The number of hydrogen-bond acceptors (Lipinski definition) is 3. The maximum atomic E-state index is 12.4. The van der Waals surface area contributed by atoms with Gasteiger partial charge in [0.1, 0.15) is 5.82 Å². The van der Waals surface area contributed by atoms with Gasteiger partial charge in [-0.1, -0.05) is 23.7 Å². The first-order valence-corrected chi connectivity index (χ1v) is 8.92. The van der Waals surface area contributed by atoms with Crippen molar-refractivity contribution < 1.29 is 22.2 Å². The monoisotopic (exact) mass is 435 g/mol. The molecule has 0 bridgehead atoms. The summed E-state index contributed by atoms with van der Waals surface area (Å²) in [5.41, 5.74) is 5.87.